The molecule has 7 heteroatoms. The quantitative estimate of drug-likeness (QED) is 0.867. The zero-order valence-corrected chi connectivity index (χ0v) is 13.2. The number of carbonyl (C=O) groups excluding carboxylic acids is 1. The second-order valence-corrected chi connectivity index (χ2v) is 8.34. The van der Waals surface area contributed by atoms with Gasteiger partial charge in [-0.25, -0.2) is 18.4 Å². The van der Waals surface area contributed by atoms with Crippen molar-refractivity contribution in [3.8, 4) is 0 Å². The minimum absolute atomic E-state index is 0.0187. The molecular formula is C13H19NO4S2. The lowest BCUT2D eigenvalue weighted by molar-refractivity contribution is 0.00810. The molecule has 2 N–H and O–H groups in total. The molecular weight excluding hydrogens is 298 g/mol. The lowest BCUT2D eigenvalue weighted by atomic mass is 9.82. The number of sulfonamides is 1. The summed E-state index contributed by atoms with van der Waals surface area (Å²) in [5.41, 5.74) is 0.255. The summed E-state index contributed by atoms with van der Waals surface area (Å²) in [6.07, 6.45) is 2.80. The van der Waals surface area contributed by atoms with Crippen molar-refractivity contribution in [2.75, 3.05) is 0 Å². The summed E-state index contributed by atoms with van der Waals surface area (Å²) in [6, 6.07) is 1.28. The highest BCUT2D eigenvalue weighted by Gasteiger charge is 2.27. The number of rotatable bonds is 3. The van der Waals surface area contributed by atoms with Gasteiger partial charge in [0, 0.05) is 5.38 Å². The summed E-state index contributed by atoms with van der Waals surface area (Å²) in [4.78, 5) is 12.0. The van der Waals surface area contributed by atoms with E-state index in [2.05, 4.69) is 13.8 Å². The van der Waals surface area contributed by atoms with Crippen LogP contribution in [0.3, 0.4) is 0 Å². The largest absolute Gasteiger partial charge is 0.459 e. The SMILES string of the molecule is CC1CC(C)CC(OC(=O)c2csc(S(N)(=O)=O)c2)C1. The van der Waals surface area contributed by atoms with E-state index in [1.807, 2.05) is 0 Å². The minimum atomic E-state index is -3.76. The van der Waals surface area contributed by atoms with Gasteiger partial charge in [0.2, 0.25) is 10.0 Å². The van der Waals surface area contributed by atoms with Crippen LogP contribution in [0.2, 0.25) is 0 Å². The molecule has 0 bridgehead atoms. The Hall–Kier alpha value is -0.920. The Morgan fingerprint density at radius 3 is 2.40 bits per heavy atom. The molecule has 5 nitrogen and oxygen atoms in total. The van der Waals surface area contributed by atoms with Gasteiger partial charge in [0.05, 0.1) is 5.56 Å². The monoisotopic (exact) mass is 317 g/mol. The molecule has 2 unspecified atom stereocenters. The molecule has 1 aromatic rings. The van der Waals surface area contributed by atoms with Crippen LogP contribution in [0.15, 0.2) is 15.7 Å². The maximum atomic E-state index is 12.0. The van der Waals surface area contributed by atoms with Crippen molar-refractivity contribution in [2.24, 2.45) is 17.0 Å². The first-order valence-electron chi connectivity index (χ1n) is 6.58. The molecule has 0 amide bonds. The van der Waals surface area contributed by atoms with Gasteiger partial charge in [-0.2, -0.15) is 0 Å². The van der Waals surface area contributed by atoms with Gasteiger partial charge in [-0.15, -0.1) is 11.3 Å². The first-order valence-corrected chi connectivity index (χ1v) is 9.00. The van der Waals surface area contributed by atoms with Crippen molar-refractivity contribution in [3.63, 3.8) is 0 Å². The molecule has 1 aliphatic rings. The summed E-state index contributed by atoms with van der Waals surface area (Å²) >= 11 is 0.934. The zero-order valence-electron chi connectivity index (χ0n) is 11.5. The predicted octanol–water partition coefficient (Wildman–Crippen LogP) is 2.38. The van der Waals surface area contributed by atoms with Gasteiger partial charge in [0.1, 0.15) is 10.3 Å². The van der Waals surface area contributed by atoms with E-state index < -0.39 is 16.0 Å². The molecule has 1 aliphatic carbocycles. The Balaban J connectivity index is 2.03. The Morgan fingerprint density at radius 1 is 1.30 bits per heavy atom. The third-order valence-corrected chi connectivity index (χ3v) is 5.89. The van der Waals surface area contributed by atoms with Gasteiger partial charge in [-0.05, 0) is 37.2 Å². The first-order chi connectivity index (χ1) is 9.25. The highest BCUT2D eigenvalue weighted by atomic mass is 32.2. The third-order valence-electron chi connectivity index (χ3n) is 3.50. The Kier molecular flexibility index (Phi) is 4.51. The fourth-order valence-electron chi connectivity index (χ4n) is 2.76. The number of nitrogens with two attached hydrogens (primary N) is 1. The summed E-state index contributed by atoms with van der Waals surface area (Å²) in [7, 11) is -3.76. The molecule has 1 heterocycles. The predicted molar refractivity (Wildman–Crippen MR) is 77.1 cm³/mol. The Morgan fingerprint density at radius 2 is 1.90 bits per heavy atom. The number of thiophene rings is 1. The number of hydrogen-bond acceptors (Lipinski definition) is 5. The van der Waals surface area contributed by atoms with Gasteiger partial charge in [-0.1, -0.05) is 13.8 Å². The van der Waals surface area contributed by atoms with E-state index >= 15 is 0 Å². The standard InChI is InChI=1S/C13H19NO4S2/c1-8-3-9(2)5-11(4-8)18-13(15)10-6-12(19-7-10)20(14,16)17/h6-9,11H,3-5H2,1-2H3,(H2,14,16,17). The fraction of sp³-hybridized carbons (Fsp3) is 0.615. The number of esters is 1. The van der Waals surface area contributed by atoms with Crippen molar-refractivity contribution in [1.29, 1.82) is 0 Å². The van der Waals surface area contributed by atoms with Crippen LogP contribution in [0, 0.1) is 11.8 Å². The van der Waals surface area contributed by atoms with Crippen LogP contribution in [0.1, 0.15) is 43.5 Å². The Bertz CT molecular complexity index is 583. The molecule has 0 saturated heterocycles. The van der Waals surface area contributed by atoms with E-state index in [0.29, 0.717) is 11.8 Å². The van der Waals surface area contributed by atoms with Gasteiger partial charge in [0.25, 0.3) is 0 Å². The molecule has 2 atom stereocenters. The van der Waals surface area contributed by atoms with Crippen LogP contribution in [-0.2, 0) is 14.8 Å². The highest BCUT2D eigenvalue weighted by molar-refractivity contribution is 7.91. The van der Waals surface area contributed by atoms with Crippen LogP contribution in [0.4, 0.5) is 0 Å². The highest BCUT2D eigenvalue weighted by Crippen LogP contribution is 2.31. The minimum Gasteiger partial charge on any atom is -0.459 e. The fourth-order valence-corrected chi connectivity index (χ4v) is 4.34. The van der Waals surface area contributed by atoms with Crippen LogP contribution < -0.4 is 5.14 Å². The smallest absolute Gasteiger partial charge is 0.339 e. The molecule has 112 valence electrons. The molecule has 1 aromatic heterocycles. The molecule has 1 saturated carbocycles. The van der Waals surface area contributed by atoms with Crippen LogP contribution in [0.25, 0.3) is 0 Å². The Labute approximate surface area is 123 Å². The number of ether oxygens (including phenoxy) is 1. The van der Waals surface area contributed by atoms with E-state index in [4.69, 9.17) is 9.88 Å². The summed E-state index contributed by atoms with van der Waals surface area (Å²) in [6.45, 7) is 4.31. The summed E-state index contributed by atoms with van der Waals surface area (Å²) < 4.78 is 27.8. The van der Waals surface area contributed by atoms with Gasteiger partial charge in [-0.3, -0.25) is 0 Å². The molecule has 0 aromatic carbocycles. The molecule has 0 spiro atoms. The van der Waals surface area contributed by atoms with Crippen molar-refractivity contribution in [2.45, 2.75) is 43.4 Å². The molecule has 20 heavy (non-hydrogen) atoms. The van der Waals surface area contributed by atoms with Crippen molar-refractivity contribution in [1.82, 2.24) is 0 Å². The normalized spacial score (nSPS) is 27.2. The van der Waals surface area contributed by atoms with Crippen LogP contribution >= 0.6 is 11.3 Å². The zero-order chi connectivity index (χ0) is 14.9. The number of primary sulfonamides is 1. The average Bonchev–Trinajstić information content (AvgIpc) is 2.75. The topological polar surface area (TPSA) is 86.5 Å². The summed E-state index contributed by atoms with van der Waals surface area (Å²) in [5.74, 6) is 0.612. The van der Waals surface area contributed by atoms with Gasteiger partial charge < -0.3 is 4.74 Å². The molecule has 1 fully saturated rings. The molecule has 2 rings (SSSR count). The van der Waals surface area contributed by atoms with Crippen molar-refractivity contribution >= 4 is 27.3 Å². The second-order valence-electron chi connectivity index (χ2n) is 5.64. The molecule has 0 radical (unpaired) electrons. The van der Waals surface area contributed by atoms with Crippen LogP contribution in [-0.4, -0.2) is 20.5 Å². The number of carbonyl (C=O) groups is 1. The van der Waals surface area contributed by atoms with E-state index in [1.54, 1.807) is 0 Å². The average molecular weight is 317 g/mol. The third kappa shape index (κ3) is 3.80. The summed E-state index contributed by atoms with van der Waals surface area (Å²) in [5, 5.41) is 6.49. The van der Waals surface area contributed by atoms with E-state index in [9.17, 15) is 13.2 Å². The van der Waals surface area contributed by atoms with E-state index in [1.165, 1.54) is 11.4 Å². The first kappa shape index (κ1) is 15.5. The maximum absolute atomic E-state index is 12.0. The van der Waals surface area contributed by atoms with Crippen LogP contribution in [0.5, 0.6) is 0 Å². The maximum Gasteiger partial charge on any atom is 0.339 e. The van der Waals surface area contributed by atoms with Gasteiger partial charge in [0.15, 0.2) is 0 Å². The van der Waals surface area contributed by atoms with Crippen molar-refractivity contribution in [3.05, 3.63) is 17.0 Å². The second kappa shape index (κ2) is 5.83. The lowest BCUT2D eigenvalue weighted by Crippen LogP contribution is -2.28. The van der Waals surface area contributed by atoms with Crippen molar-refractivity contribution < 1.29 is 17.9 Å². The number of hydrogen-bond donors (Lipinski definition) is 1. The van der Waals surface area contributed by atoms with Gasteiger partial charge >= 0.3 is 5.97 Å². The van der Waals surface area contributed by atoms with E-state index in [-0.39, 0.29) is 15.9 Å². The van der Waals surface area contributed by atoms with E-state index in [0.717, 1.165) is 30.6 Å². The molecule has 0 aliphatic heterocycles. The lowest BCUT2D eigenvalue weighted by Gasteiger charge is -2.30.